The van der Waals surface area contributed by atoms with Crippen LogP contribution < -0.4 is 5.32 Å². The van der Waals surface area contributed by atoms with Crippen molar-refractivity contribution in [2.75, 3.05) is 13.7 Å². The molecule has 1 amide bonds. The number of nitrogens with one attached hydrogen (secondary N) is 1. The summed E-state index contributed by atoms with van der Waals surface area (Å²) in [6.45, 7) is 1.43. The van der Waals surface area contributed by atoms with Crippen molar-refractivity contribution in [3.63, 3.8) is 0 Å². The molecule has 0 unspecified atom stereocenters. The largest absolute Gasteiger partial charge is 0.385 e. The number of hydrogen-bond acceptors (Lipinski definition) is 5. The highest BCUT2D eigenvalue weighted by molar-refractivity contribution is 5.81. The highest BCUT2D eigenvalue weighted by Crippen LogP contribution is 2.13. The molecule has 0 aliphatic heterocycles. The van der Waals surface area contributed by atoms with Gasteiger partial charge in [0.15, 0.2) is 11.9 Å². The number of benzene rings is 1. The third kappa shape index (κ3) is 4.83. The minimum Gasteiger partial charge on any atom is -0.385 e. The van der Waals surface area contributed by atoms with Gasteiger partial charge in [-0.05, 0) is 24.1 Å². The van der Waals surface area contributed by atoms with Crippen molar-refractivity contribution in [3.8, 4) is 0 Å². The Bertz CT molecular complexity index is 630. The maximum atomic E-state index is 12.8. The molecule has 1 aromatic heterocycles. The summed E-state index contributed by atoms with van der Waals surface area (Å²) in [5, 5.41) is 20.3. The number of carbonyl (C=O) groups is 1. The van der Waals surface area contributed by atoms with Crippen LogP contribution >= 0.6 is 0 Å². The molecule has 0 radical (unpaired) electrons. The van der Waals surface area contributed by atoms with E-state index >= 15 is 0 Å². The van der Waals surface area contributed by atoms with E-state index in [0.29, 0.717) is 24.5 Å². The number of hydrogen-bond donors (Lipinski definition) is 2. The topological polar surface area (TPSA) is 89.3 Å². The molecule has 7 nitrogen and oxygen atoms in total. The number of rotatable bonds is 8. The standard InChI is InChI=1S/C15H19FN4O3/c1-23-8-2-7-20-10-18-19-13(20)9-17-15(22)14(21)11-3-5-12(16)6-4-11/h3-6,10,14,21H,2,7-9H2,1H3,(H,17,22)/t14-/m1/s1. The predicted octanol–water partition coefficient (Wildman–Crippen LogP) is 0.804. The van der Waals surface area contributed by atoms with Crippen LogP contribution in [0.4, 0.5) is 4.39 Å². The van der Waals surface area contributed by atoms with Gasteiger partial charge in [0, 0.05) is 20.3 Å². The van der Waals surface area contributed by atoms with Gasteiger partial charge in [-0.15, -0.1) is 10.2 Å². The van der Waals surface area contributed by atoms with Gasteiger partial charge < -0.3 is 19.7 Å². The van der Waals surface area contributed by atoms with Gasteiger partial charge in [-0.3, -0.25) is 4.79 Å². The first-order chi connectivity index (χ1) is 11.1. The number of carbonyl (C=O) groups excluding carboxylic acids is 1. The van der Waals surface area contributed by atoms with Crippen LogP contribution in [0.15, 0.2) is 30.6 Å². The number of aliphatic hydroxyl groups excluding tert-OH is 1. The first-order valence-corrected chi connectivity index (χ1v) is 7.18. The smallest absolute Gasteiger partial charge is 0.253 e. The van der Waals surface area contributed by atoms with Gasteiger partial charge in [0.2, 0.25) is 0 Å². The number of methoxy groups -OCH3 is 1. The van der Waals surface area contributed by atoms with Crippen LogP contribution in [0.1, 0.15) is 23.9 Å². The molecule has 2 rings (SSSR count). The van der Waals surface area contributed by atoms with Crippen molar-refractivity contribution in [3.05, 3.63) is 47.8 Å². The van der Waals surface area contributed by atoms with Gasteiger partial charge in [-0.25, -0.2) is 4.39 Å². The number of aliphatic hydroxyl groups is 1. The van der Waals surface area contributed by atoms with E-state index in [1.165, 1.54) is 24.3 Å². The molecular weight excluding hydrogens is 303 g/mol. The summed E-state index contributed by atoms with van der Waals surface area (Å²) in [7, 11) is 1.63. The van der Waals surface area contributed by atoms with E-state index < -0.39 is 17.8 Å². The third-order valence-corrected chi connectivity index (χ3v) is 3.30. The summed E-state index contributed by atoms with van der Waals surface area (Å²) in [6.07, 6.45) is 1.02. The Kier molecular flexibility index (Phi) is 6.19. The molecule has 0 aliphatic rings. The van der Waals surface area contributed by atoms with E-state index in [4.69, 9.17) is 4.74 Å². The van der Waals surface area contributed by atoms with Gasteiger partial charge in [-0.2, -0.15) is 0 Å². The first-order valence-electron chi connectivity index (χ1n) is 7.18. The zero-order chi connectivity index (χ0) is 16.7. The Morgan fingerprint density at radius 2 is 2.17 bits per heavy atom. The molecule has 1 heterocycles. The Balaban J connectivity index is 1.89. The molecule has 0 saturated heterocycles. The van der Waals surface area contributed by atoms with E-state index in [-0.39, 0.29) is 6.54 Å². The second kappa shape index (κ2) is 8.35. The van der Waals surface area contributed by atoms with Crippen LogP contribution in [-0.4, -0.2) is 39.5 Å². The van der Waals surface area contributed by atoms with E-state index in [2.05, 4.69) is 15.5 Å². The van der Waals surface area contributed by atoms with E-state index in [0.717, 1.165) is 6.42 Å². The quantitative estimate of drug-likeness (QED) is 0.702. The number of halogens is 1. The summed E-state index contributed by atoms with van der Waals surface area (Å²) in [5.41, 5.74) is 0.325. The minimum absolute atomic E-state index is 0.143. The molecule has 1 atom stereocenters. The van der Waals surface area contributed by atoms with Gasteiger partial charge in [0.1, 0.15) is 12.1 Å². The van der Waals surface area contributed by atoms with Crippen LogP contribution in [0.25, 0.3) is 0 Å². The molecule has 23 heavy (non-hydrogen) atoms. The number of aromatic nitrogens is 3. The molecule has 2 N–H and O–H groups in total. The summed E-state index contributed by atoms with van der Waals surface area (Å²) in [5.74, 6) is -0.422. The van der Waals surface area contributed by atoms with Crippen LogP contribution in [-0.2, 0) is 22.6 Å². The van der Waals surface area contributed by atoms with E-state index in [9.17, 15) is 14.3 Å². The lowest BCUT2D eigenvalue weighted by Gasteiger charge is -2.12. The monoisotopic (exact) mass is 322 g/mol. The Hall–Kier alpha value is -2.32. The highest BCUT2D eigenvalue weighted by atomic mass is 19.1. The predicted molar refractivity (Wildman–Crippen MR) is 79.7 cm³/mol. The molecule has 0 fully saturated rings. The number of nitrogens with zero attached hydrogens (tertiary/aromatic N) is 3. The molecule has 124 valence electrons. The summed E-state index contributed by atoms with van der Waals surface area (Å²) >= 11 is 0. The lowest BCUT2D eigenvalue weighted by atomic mass is 10.1. The van der Waals surface area contributed by atoms with Crippen LogP contribution in [0.5, 0.6) is 0 Å². The number of aryl methyl sites for hydroxylation is 1. The summed E-state index contributed by atoms with van der Waals surface area (Å²) in [6, 6.07) is 5.12. The minimum atomic E-state index is -1.36. The van der Waals surface area contributed by atoms with Crippen LogP contribution in [0.3, 0.4) is 0 Å². The molecule has 0 spiro atoms. The fraction of sp³-hybridized carbons (Fsp3) is 0.400. The van der Waals surface area contributed by atoms with Gasteiger partial charge in [0.25, 0.3) is 5.91 Å². The van der Waals surface area contributed by atoms with Crippen LogP contribution in [0.2, 0.25) is 0 Å². The van der Waals surface area contributed by atoms with Crippen molar-refractivity contribution in [2.45, 2.75) is 25.6 Å². The lowest BCUT2D eigenvalue weighted by Crippen LogP contribution is -2.30. The molecular formula is C15H19FN4O3. The van der Waals surface area contributed by atoms with E-state index in [1.807, 2.05) is 4.57 Å². The zero-order valence-electron chi connectivity index (χ0n) is 12.8. The molecule has 8 heteroatoms. The zero-order valence-corrected chi connectivity index (χ0v) is 12.8. The fourth-order valence-electron chi connectivity index (χ4n) is 2.04. The molecule has 0 bridgehead atoms. The third-order valence-electron chi connectivity index (χ3n) is 3.30. The molecule has 0 aliphatic carbocycles. The SMILES string of the molecule is COCCCn1cnnc1CNC(=O)[C@H](O)c1ccc(F)cc1. The van der Waals surface area contributed by atoms with Gasteiger partial charge in [-0.1, -0.05) is 12.1 Å². The maximum absolute atomic E-state index is 12.8. The Morgan fingerprint density at radius 3 is 2.87 bits per heavy atom. The van der Waals surface area contributed by atoms with Crippen molar-refractivity contribution >= 4 is 5.91 Å². The van der Waals surface area contributed by atoms with E-state index in [1.54, 1.807) is 13.4 Å². The maximum Gasteiger partial charge on any atom is 0.253 e. The second-order valence-corrected chi connectivity index (χ2v) is 4.96. The van der Waals surface area contributed by atoms with Crippen molar-refractivity contribution in [2.24, 2.45) is 0 Å². The van der Waals surface area contributed by atoms with Gasteiger partial charge >= 0.3 is 0 Å². The first kappa shape index (κ1) is 17.0. The lowest BCUT2D eigenvalue weighted by molar-refractivity contribution is -0.129. The fourth-order valence-corrected chi connectivity index (χ4v) is 2.04. The summed E-state index contributed by atoms with van der Waals surface area (Å²) in [4.78, 5) is 12.0. The van der Waals surface area contributed by atoms with Crippen LogP contribution in [0, 0.1) is 5.82 Å². The van der Waals surface area contributed by atoms with Crippen molar-refractivity contribution < 1.29 is 19.0 Å². The average Bonchev–Trinajstić information content (AvgIpc) is 3.00. The molecule has 1 aromatic carbocycles. The molecule has 2 aromatic rings. The van der Waals surface area contributed by atoms with Gasteiger partial charge in [0.05, 0.1) is 6.54 Å². The number of amides is 1. The summed E-state index contributed by atoms with van der Waals surface area (Å²) < 4.78 is 19.6. The second-order valence-electron chi connectivity index (χ2n) is 4.96. The Morgan fingerprint density at radius 1 is 1.43 bits per heavy atom. The van der Waals surface area contributed by atoms with Crippen molar-refractivity contribution in [1.29, 1.82) is 0 Å². The highest BCUT2D eigenvalue weighted by Gasteiger charge is 2.17. The van der Waals surface area contributed by atoms with Crippen molar-refractivity contribution in [1.82, 2.24) is 20.1 Å². The average molecular weight is 322 g/mol. The normalized spacial score (nSPS) is 12.1. The Labute approximate surface area is 133 Å². The number of ether oxygens (including phenoxy) is 1. The molecule has 0 saturated carbocycles.